The van der Waals surface area contributed by atoms with Crippen molar-refractivity contribution < 1.29 is 22.9 Å². The Morgan fingerprint density at radius 2 is 2.00 bits per heavy atom. The maximum atomic E-state index is 12.4. The first-order chi connectivity index (χ1) is 8.12. The number of alkyl halides is 3. The van der Waals surface area contributed by atoms with E-state index in [4.69, 9.17) is 5.73 Å². The van der Waals surface area contributed by atoms with Crippen molar-refractivity contribution in [1.82, 2.24) is 0 Å². The van der Waals surface area contributed by atoms with Gasteiger partial charge in [0.05, 0.1) is 16.2 Å². The zero-order valence-corrected chi connectivity index (χ0v) is 9.04. The number of hydrogen-bond donors (Lipinski definition) is 2. The van der Waals surface area contributed by atoms with Gasteiger partial charge >= 0.3 is 6.18 Å². The van der Waals surface area contributed by atoms with Gasteiger partial charge in [-0.25, -0.2) is 0 Å². The number of carbonyl (C=O) groups excluding carboxylic acids is 1. The third-order valence-electron chi connectivity index (χ3n) is 1.97. The Balaban J connectivity index is 3.45. The van der Waals surface area contributed by atoms with E-state index in [0.717, 1.165) is 6.92 Å². The summed E-state index contributed by atoms with van der Waals surface area (Å²) in [6.07, 6.45) is -4.76. The lowest BCUT2D eigenvalue weighted by Gasteiger charge is -2.11. The van der Waals surface area contributed by atoms with E-state index in [1.54, 1.807) is 0 Å². The van der Waals surface area contributed by atoms with E-state index in [-0.39, 0.29) is 0 Å². The Morgan fingerprint density at radius 3 is 2.39 bits per heavy atom. The van der Waals surface area contributed by atoms with Gasteiger partial charge in [0, 0.05) is 13.0 Å². The number of nitrogens with two attached hydrogens (primary N) is 1. The van der Waals surface area contributed by atoms with Crippen molar-refractivity contribution in [2.24, 2.45) is 0 Å². The summed E-state index contributed by atoms with van der Waals surface area (Å²) < 4.78 is 37.3. The quantitative estimate of drug-likeness (QED) is 0.485. The number of rotatable bonds is 2. The van der Waals surface area contributed by atoms with Crippen LogP contribution < -0.4 is 11.1 Å². The molecule has 0 saturated heterocycles. The van der Waals surface area contributed by atoms with E-state index in [0.29, 0.717) is 12.1 Å². The molecule has 0 aromatic heterocycles. The van der Waals surface area contributed by atoms with Crippen molar-refractivity contribution in [1.29, 1.82) is 0 Å². The summed E-state index contributed by atoms with van der Waals surface area (Å²) in [6.45, 7) is 1.06. The van der Waals surface area contributed by atoms with Crippen LogP contribution in [0, 0.1) is 10.1 Å². The molecule has 0 atom stereocenters. The maximum absolute atomic E-state index is 12.4. The van der Waals surface area contributed by atoms with E-state index in [1.807, 2.05) is 5.32 Å². The summed E-state index contributed by atoms with van der Waals surface area (Å²) >= 11 is 0. The van der Waals surface area contributed by atoms with Gasteiger partial charge in [0.25, 0.3) is 5.69 Å². The molecule has 0 bridgehead atoms. The lowest BCUT2D eigenvalue weighted by Crippen LogP contribution is -2.13. The zero-order valence-electron chi connectivity index (χ0n) is 9.04. The highest BCUT2D eigenvalue weighted by Crippen LogP contribution is 2.38. The van der Waals surface area contributed by atoms with Crippen molar-refractivity contribution >= 4 is 23.0 Å². The Kier molecular flexibility index (Phi) is 3.44. The van der Waals surface area contributed by atoms with Gasteiger partial charge in [0.15, 0.2) is 0 Å². The number of anilines is 2. The van der Waals surface area contributed by atoms with Gasteiger partial charge in [-0.15, -0.1) is 0 Å². The van der Waals surface area contributed by atoms with Crippen LogP contribution in [-0.4, -0.2) is 10.8 Å². The molecule has 0 aliphatic heterocycles. The van der Waals surface area contributed by atoms with Gasteiger partial charge in [-0.05, 0) is 6.07 Å². The molecule has 9 heteroatoms. The molecule has 1 rings (SSSR count). The molecule has 1 aromatic rings. The topological polar surface area (TPSA) is 98.3 Å². The molecule has 0 fully saturated rings. The molecule has 0 spiro atoms. The summed E-state index contributed by atoms with van der Waals surface area (Å²) in [6, 6.07) is 0.847. The average molecular weight is 263 g/mol. The molecule has 0 aliphatic carbocycles. The minimum atomic E-state index is -4.76. The number of carbonyl (C=O) groups is 1. The molecule has 0 saturated carbocycles. The lowest BCUT2D eigenvalue weighted by molar-refractivity contribution is -0.384. The van der Waals surface area contributed by atoms with Crippen LogP contribution in [0.15, 0.2) is 12.1 Å². The predicted octanol–water partition coefficient (Wildman–Crippen LogP) is 2.15. The largest absolute Gasteiger partial charge is 0.416 e. The second kappa shape index (κ2) is 4.51. The summed E-state index contributed by atoms with van der Waals surface area (Å²) in [4.78, 5) is 20.4. The molecule has 98 valence electrons. The molecular weight excluding hydrogens is 255 g/mol. The predicted molar refractivity (Wildman–Crippen MR) is 56.8 cm³/mol. The Morgan fingerprint density at radius 1 is 1.44 bits per heavy atom. The number of amides is 1. The highest BCUT2D eigenvalue weighted by molar-refractivity contribution is 5.95. The average Bonchev–Trinajstić information content (AvgIpc) is 2.17. The zero-order chi connectivity index (χ0) is 14.1. The summed E-state index contributed by atoms with van der Waals surface area (Å²) in [7, 11) is 0. The third kappa shape index (κ3) is 2.87. The summed E-state index contributed by atoms with van der Waals surface area (Å²) in [5.74, 6) is -0.676. The van der Waals surface area contributed by atoms with Crippen LogP contribution in [0.25, 0.3) is 0 Å². The Hall–Kier alpha value is -2.32. The normalized spacial score (nSPS) is 11.1. The van der Waals surface area contributed by atoms with Crippen LogP contribution in [0.4, 0.5) is 30.2 Å². The molecule has 3 N–H and O–H groups in total. The molecule has 0 heterocycles. The smallest absolute Gasteiger partial charge is 0.397 e. The maximum Gasteiger partial charge on any atom is 0.416 e. The monoisotopic (exact) mass is 263 g/mol. The van der Waals surface area contributed by atoms with E-state index in [2.05, 4.69) is 0 Å². The molecule has 1 aromatic carbocycles. The van der Waals surface area contributed by atoms with Crippen molar-refractivity contribution in [2.45, 2.75) is 13.1 Å². The molecule has 0 unspecified atom stereocenters. The van der Waals surface area contributed by atoms with Gasteiger partial charge < -0.3 is 11.1 Å². The Labute approximate surface area is 98.7 Å². The first-order valence-corrected chi connectivity index (χ1v) is 4.55. The fourth-order valence-corrected chi connectivity index (χ4v) is 1.27. The number of nitro benzene ring substituents is 1. The van der Waals surface area contributed by atoms with Crippen molar-refractivity contribution in [3.8, 4) is 0 Å². The number of halogens is 3. The minimum absolute atomic E-state index is 0.321. The van der Waals surface area contributed by atoms with Crippen molar-refractivity contribution in [3.05, 3.63) is 27.8 Å². The number of benzene rings is 1. The molecular formula is C9H8F3N3O3. The van der Waals surface area contributed by atoms with E-state index in [9.17, 15) is 28.1 Å². The van der Waals surface area contributed by atoms with Gasteiger partial charge in [-0.2, -0.15) is 13.2 Å². The molecule has 1 amide bonds. The Bertz CT molecular complexity index is 514. The third-order valence-corrected chi connectivity index (χ3v) is 1.97. The van der Waals surface area contributed by atoms with Crippen LogP contribution in [-0.2, 0) is 11.0 Å². The van der Waals surface area contributed by atoms with E-state index in [1.165, 1.54) is 0 Å². The number of nitro groups is 1. The number of nitrogen functional groups attached to an aromatic ring is 1. The molecule has 18 heavy (non-hydrogen) atoms. The number of hydrogen-bond acceptors (Lipinski definition) is 4. The summed E-state index contributed by atoms with van der Waals surface area (Å²) in [5.41, 5.74) is 2.17. The molecule has 0 radical (unpaired) electrons. The molecule has 0 aliphatic rings. The van der Waals surface area contributed by atoms with Gasteiger partial charge in [-0.3, -0.25) is 14.9 Å². The molecule has 6 nitrogen and oxygen atoms in total. The lowest BCUT2D eigenvalue weighted by atomic mass is 10.1. The second-order valence-electron chi connectivity index (χ2n) is 3.40. The number of nitrogens with one attached hydrogen (secondary N) is 1. The van der Waals surface area contributed by atoms with E-state index < -0.39 is 39.6 Å². The van der Waals surface area contributed by atoms with Crippen LogP contribution in [0.2, 0.25) is 0 Å². The van der Waals surface area contributed by atoms with Gasteiger partial charge in [-0.1, -0.05) is 0 Å². The standard InChI is InChI=1S/C9H8F3N3O3/c1-4(16)14-8-6(13)2-5(9(10,11)12)3-7(8)15(17)18/h2-3H,13H2,1H3,(H,14,16). The van der Waals surface area contributed by atoms with Crippen LogP contribution >= 0.6 is 0 Å². The van der Waals surface area contributed by atoms with Gasteiger partial charge in [0.1, 0.15) is 5.69 Å². The fourth-order valence-electron chi connectivity index (χ4n) is 1.27. The van der Waals surface area contributed by atoms with Gasteiger partial charge in [0.2, 0.25) is 5.91 Å². The van der Waals surface area contributed by atoms with Crippen LogP contribution in [0.3, 0.4) is 0 Å². The first-order valence-electron chi connectivity index (χ1n) is 4.55. The minimum Gasteiger partial charge on any atom is -0.397 e. The fraction of sp³-hybridized carbons (Fsp3) is 0.222. The highest BCUT2D eigenvalue weighted by atomic mass is 19.4. The van der Waals surface area contributed by atoms with Crippen LogP contribution in [0.5, 0.6) is 0 Å². The first kappa shape index (κ1) is 13.7. The van der Waals surface area contributed by atoms with Crippen LogP contribution in [0.1, 0.15) is 12.5 Å². The van der Waals surface area contributed by atoms with Crippen molar-refractivity contribution in [2.75, 3.05) is 11.1 Å². The van der Waals surface area contributed by atoms with Crippen molar-refractivity contribution in [3.63, 3.8) is 0 Å². The SMILES string of the molecule is CC(=O)Nc1c(N)cc(C(F)(F)F)cc1[N+](=O)[O-]. The van der Waals surface area contributed by atoms with E-state index >= 15 is 0 Å². The highest BCUT2D eigenvalue weighted by Gasteiger charge is 2.34. The number of nitrogens with zero attached hydrogens (tertiary/aromatic N) is 1. The summed E-state index contributed by atoms with van der Waals surface area (Å²) in [5, 5.41) is 12.7. The second-order valence-corrected chi connectivity index (χ2v) is 3.40.